The highest BCUT2D eigenvalue weighted by Crippen LogP contribution is 2.41. The monoisotopic (exact) mass is 441 g/mol. The van der Waals surface area contributed by atoms with Crippen LogP contribution in [0.5, 0.6) is 11.5 Å². The number of thioether (sulfide) groups is 1. The van der Waals surface area contributed by atoms with Crippen LogP contribution in [-0.2, 0) is 10.7 Å². The lowest BCUT2D eigenvalue weighted by Gasteiger charge is -2.13. The van der Waals surface area contributed by atoms with Gasteiger partial charge in [-0.15, -0.1) is 11.8 Å². The van der Waals surface area contributed by atoms with E-state index >= 15 is 0 Å². The molecule has 0 bridgehead atoms. The van der Waals surface area contributed by atoms with E-state index < -0.39 is 24.7 Å². The fourth-order valence-corrected chi connectivity index (χ4v) is 3.85. The molecular formula is C15H12ClF3NO5PS. The highest BCUT2D eigenvalue weighted by molar-refractivity contribution is 8.03. The van der Waals surface area contributed by atoms with Gasteiger partial charge in [-0.1, -0.05) is 11.6 Å². The van der Waals surface area contributed by atoms with Crippen LogP contribution < -0.4 is 4.74 Å². The van der Waals surface area contributed by atoms with Crippen molar-refractivity contribution in [1.82, 2.24) is 0 Å². The second-order valence-corrected chi connectivity index (χ2v) is 8.35. The predicted octanol–water partition coefficient (Wildman–Crippen LogP) is 5.88. The van der Waals surface area contributed by atoms with Gasteiger partial charge in [-0.2, -0.15) is 13.2 Å². The molecule has 0 radical (unpaired) electrons. The fourth-order valence-electron chi connectivity index (χ4n) is 2.04. The first-order valence-corrected chi connectivity index (χ1v) is 10.1. The van der Waals surface area contributed by atoms with Gasteiger partial charge in [0.25, 0.3) is 5.69 Å². The van der Waals surface area contributed by atoms with Gasteiger partial charge in [0.1, 0.15) is 11.5 Å². The van der Waals surface area contributed by atoms with E-state index in [1.54, 1.807) is 0 Å². The first-order chi connectivity index (χ1) is 12.5. The van der Waals surface area contributed by atoms with Crippen LogP contribution in [0, 0.1) is 17.0 Å². The molecule has 6 nitrogen and oxygen atoms in total. The van der Waals surface area contributed by atoms with Crippen molar-refractivity contribution in [1.29, 1.82) is 0 Å². The maximum atomic E-state index is 12.7. The van der Waals surface area contributed by atoms with Gasteiger partial charge in [0.05, 0.1) is 25.9 Å². The number of hydrogen-bond acceptors (Lipinski definition) is 5. The maximum absolute atomic E-state index is 12.7. The third-order valence-corrected chi connectivity index (χ3v) is 5.78. The van der Waals surface area contributed by atoms with Gasteiger partial charge in [-0.25, -0.2) is 0 Å². The molecule has 27 heavy (non-hydrogen) atoms. The summed E-state index contributed by atoms with van der Waals surface area (Å²) in [6.07, 6.45) is -4.56. The number of nitro groups is 1. The highest BCUT2D eigenvalue weighted by atomic mass is 35.5. The van der Waals surface area contributed by atoms with Crippen molar-refractivity contribution in [2.45, 2.75) is 18.0 Å². The van der Waals surface area contributed by atoms with Crippen molar-refractivity contribution in [3.05, 3.63) is 56.6 Å². The van der Waals surface area contributed by atoms with Crippen molar-refractivity contribution in [3.8, 4) is 11.5 Å². The van der Waals surface area contributed by atoms with Gasteiger partial charge in [0.2, 0.25) is 0 Å². The first-order valence-electron chi connectivity index (χ1n) is 7.17. The Balaban J connectivity index is 2.39. The Morgan fingerprint density at radius 2 is 1.96 bits per heavy atom. The Hall–Kier alpha value is -1.74. The van der Waals surface area contributed by atoms with Gasteiger partial charge in [0, 0.05) is 12.1 Å². The summed E-state index contributed by atoms with van der Waals surface area (Å²) in [6, 6.07) is 5.06. The number of aryl methyl sites for hydroxylation is 1. The van der Waals surface area contributed by atoms with Crippen LogP contribution >= 0.6 is 31.4 Å². The zero-order valence-electron chi connectivity index (χ0n) is 13.5. The predicted molar refractivity (Wildman–Crippen MR) is 96.3 cm³/mol. The lowest BCUT2D eigenvalue weighted by atomic mass is 10.2. The molecule has 0 saturated carbocycles. The number of halogens is 4. The zero-order chi connectivity index (χ0) is 20.4. The summed E-state index contributed by atoms with van der Waals surface area (Å²) in [5.41, 5.74) is -1.09. The quantitative estimate of drug-likeness (QED) is 0.260. The van der Waals surface area contributed by atoms with Crippen LogP contribution in [0.15, 0.2) is 35.2 Å². The Kier molecular flexibility index (Phi) is 6.80. The number of rotatable bonds is 6. The van der Waals surface area contributed by atoms with Crippen molar-refractivity contribution >= 4 is 37.1 Å². The summed E-state index contributed by atoms with van der Waals surface area (Å²) in [7, 11) is -2.86. The molecule has 0 heterocycles. The minimum Gasteiger partial charge on any atom is -0.455 e. The molecule has 146 valence electrons. The van der Waals surface area contributed by atoms with Crippen molar-refractivity contribution in [2.75, 3.05) is 5.49 Å². The molecule has 0 fully saturated rings. The number of hydrogen-bond donors (Lipinski definition) is 1. The molecule has 0 amide bonds. The minimum absolute atomic E-state index is 0.0618. The highest BCUT2D eigenvalue weighted by Gasteiger charge is 2.31. The van der Waals surface area contributed by atoms with Crippen LogP contribution in [0.3, 0.4) is 0 Å². The average Bonchev–Trinajstić information content (AvgIpc) is 2.55. The summed E-state index contributed by atoms with van der Waals surface area (Å²) < 4.78 is 54.5. The second kappa shape index (κ2) is 8.52. The smallest absolute Gasteiger partial charge is 0.416 e. The molecule has 2 aromatic carbocycles. The second-order valence-electron chi connectivity index (χ2n) is 5.27. The van der Waals surface area contributed by atoms with E-state index in [0.29, 0.717) is 11.6 Å². The van der Waals surface area contributed by atoms with Crippen molar-refractivity contribution in [2.24, 2.45) is 0 Å². The summed E-state index contributed by atoms with van der Waals surface area (Å²) >= 11 is 6.66. The molecule has 2 aromatic rings. The zero-order valence-corrected chi connectivity index (χ0v) is 16.1. The van der Waals surface area contributed by atoms with E-state index in [4.69, 9.17) is 21.2 Å². The van der Waals surface area contributed by atoms with Crippen molar-refractivity contribution < 1.29 is 32.3 Å². The Morgan fingerprint density at radius 3 is 2.48 bits per heavy atom. The van der Waals surface area contributed by atoms with Crippen LogP contribution in [0.2, 0.25) is 5.02 Å². The maximum Gasteiger partial charge on any atom is 0.416 e. The van der Waals surface area contributed by atoms with E-state index in [-0.39, 0.29) is 32.6 Å². The number of nitrogens with zero attached hydrogens (tertiary/aromatic N) is 1. The number of benzene rings is 2. The average molecular weight is 442 g/mol. The number of ether oxygens (including phenoxy) is 1. The van der Waals surface area contributed by atoms with Gasteiger partial charge in [-0.3, -0.25) is 14.7 Å². The summed E-state index contributed by atoms with van der Waals surface area (Å²) in [5.74, 6) is 0.0654. The largest absolute Gasteiger partial charge is 0.455 e. The number of alkyl halides is 3. The number of nitro benzene ring substituents is 1. The molecule has 1 unspecified atom stereocenters. The molecule has 1 atom stereocenters. The molecule has 1 N–H and O–H groups in total. The molecule has 12 heteroatoms. The molecule has 0 aliphatic rings. The van der Waals surface area contributed by atoms with Gasteiger partial charge in [0.15, 0.2) is 8.03 Å². The summed E-state index contributed by atoms with van der Waals surface area (Å²) in [5, 5.41) is 10.9. The van der Waals surface area contributed by atoms with Gasteiger partial charge in [-0.05, 0) is 30.7 Å². The van der Waals surface area contributed by atoms with Crippen LogP contribution in [-0.4, -0.2) is 15.3 Å². The fraction of sp³-hybridized carbons (Fsp3) is 0.200. The van der Waals surface area contributed by atoms with E-state index in [9.17, 15) is 27.9 Å². The molecule has 0 aliphatic carbocycles. The SMILES string of the molecule is Cc1cc([N+](=O)[O-])c(SC[PH](=O)O)cc1Oc1ccc(C(F)(F)F)cc1Cl. The standard InChI is InChI=1S/C15H12ClF3NO5PS/c1-8-4-11(20(21)22)14(27-7-26(23)24)6-13(8)25-12-3-2-9(5-10(12)16)15(17,18)19/h2-6,26H,7H2,1H3,(H,23,24). The Labute approximate surface area is 161 Å². The van der Waals surface area contributed by atoms with E-state index in [0.717, 1.165) is 23.9 Å². The lowest BCUT2D eigenvalue weighted by molar-refractivity contribution is -0.387. The Morgan fingerprint density at radius 1 is 1.30 bits per heavy atom. The molecule has 0 saturated heterocycles. The summed E-state index contributed by atoms with van der Waals surface area (Å²) in [4.78, 5) is 19.6. The third kappa shape index (κ3) is 5.62. The van der Waals surface area contributed by atoms with E-state index in [1.165, 1.54) is 19.1 Å². The van der Waals surface area contributed by atoms with E-state index in [2.05, 4.69) is 0 Å². The molecule has 0 spiro atoms. The summed E-state index contributed by atoms with van der Waals surface area (Å²) in [6.45, 7) is 1.52. The molecule has 0 aromatic heterocycles. The Bertz CT molecular complexity index is 910. The van der Waals surface area contributed by atoms with Crippen LogP contribution in [0.1, 0.15) is 11.1 Å². The lowest BCUT2D eigenvalue weighted by Crippen LogP contribution is -2.04. The normalized spacial score (nSPS) is 12.7. The molecule has 2 rings (SSSR count). The molecular weight excluding hydrogens is 430 g/mol. The van der Waals surface area contributed by atoms with Crippen molar-refractivity contribution in [3.63, 3.8) is 0 Å². The van der Waals surface area contributed by atoms with E-state index in [1.807, 2.05) is 0 Å². The third-order valence-electron chi connectivity index (χ3n) is 3.28. The van der Waals surface area contributed by atoms with Gasteiger partial charge < -0.3 is 9.63 Å². The molecule has 0 aliphatic heterocycles. The van der Waals surface area contributed by atoms with Crippen LogP contribution in [0.25, 0.3) is 0 Å². The minimum atomic E-state index is -4.56. The topological polar surface area (TPSA) is 89.7 Å². The first kappa shape index (κ1) is 21.6. The van der Waals surface area contributed by atoms with Gasteiger partial charge >= 0.3 is 6.18 Å². The van der Waals surface area contributed by atoms with Crippen LogP contribution in [0.4, 0.5) is 18.9 Å².